The number of phosphoric acid groups is 2. The van der Waals surface area contributed by atoms with Gasteiger partial charge in [0.05, 0.1) is 6.10 Å². The van der Waals surface area contributed by atoms with Crippen LogP contribution in [0.5, 0.6) is 0 Å². The first-order chi connectivity index (χ1) is 13.4. The molecule has 7 unspecified atom stereocenters. The van der Waals surface area contributed by atoms with E-state index in [1.54, 1.807) is 0 Å². The average molecular weight is 466 g/mol. The third-order valence-corrected chi connectivity index (χ3v) is 12.9. The number of rotatable bonds is 6. The van der Waals surface area contributed by atoms with Crippen LogP contribution in [0.1, 0.15) is 80.1 Å². The summed E-state index contributed by atoms with van der Waals surface area (Å²) in [6, 6.07) is 0. The van der Waals surface area contributed by atoms with Crippen molar-refractivity contribution in [2.75, 3.05) is 0 Å². The summed E-state index contributed by atoms with van der Waals surface area (Å²) < 4.78 is 41.6. The first-order valence-electron chi connectivity index (χ1n) is 10.9. The fraction of sp³-hybridized carbons (Fsp3) is 1.00. The summed E-state index contributed by atoms with van der Waals surface area (Å²) >= 11 is 0. The largest absolute Gasteiger partial charge is 0.486 e. The van der Waals surface area contributed by atoms with Gasteiger partial charge in [0, 0.05) is 11.8 Å². The third kappa shape index (κ3) is 3.02. The minimum absolute atomic E-state index is 0.0675. The lowest BCUT2D eigenvalue weighted by Crippen LogP contribution is -2.49. The van der Waals surface area contributed by atoms with E-state index in [1.165, 1.54) is 0 Å². The monoisotopic (exact) mass is 466 g/mol. The summed E-state index contributed by atoms with van der Waals surface area (Å²) in [5.74, 6) is -1.34. The average Bonchev–Trinajstić information content (AvgIpc) is 3.03. The Hall–Kier alpha value is 0.220. The molecular weight excluding hydrogens is 430 g/mol. The summed E-state index contributed by atoms with van der Waals surface area (Å²) in [6.07, 6.45) is 3.78. The molecule has 0 heterocycles. The topological polar surface area (TPSA) is 123 Å². The van der Waals surface area contributed by atoms with Gasteiger partial charge in [-0.05, 0) is 60.2 Å². The number of hydrogen-bond acceptors (Lipinski definition) is 6. The van der Waals surface area contributed by atoms with Crippen molar-refractivity contribution in [3.05, 3.63) is 0 Å². The van der Waals surface area contributed by atoms with E-state index in [2.05, 4.69) is 25.1 Å². The lowest BCUT2D eigenvalue weighted by atomic mass is 9.68. The first kappa shape index (κ1) is 23.4. The zero-order valence-electron chi connectivity index (χ0n) is 18.8. The van der Waals surface area contributed by atoms with Gasteiger partial charge in [-0.15, -0.1) is 0 Å². The van der Waals surface area contributed by atoms with Crippen LogP contribution in [0.4, 0.5) is 0 Å². The van der Waals surface area contributed by atoms with Crippen LogP contribution >= 0.6 is 15.6 Å². The van der Waals surface area contributed by atoms with Crippen molar-refractivity contribution in [3.63, 3.8) is 0 Å². The van der Waals surface area contributed by atoms with Crippen molar-refractivity contribution in [2.24, 2.45) is 33.5 Å². The van der Waals surface area contributed by atoms with Crippen molar-refractivity contribution in [1.29, 1.82) is 0 Å². The standard InChI is InChI=1S/C20H36O8P2/c1-16(2)13-7-9-18(16,5)15(11-13)26-30(25,28-29(22,23)24)27-20(21)12-14-8-10-19(20,6)17(14,3)4/h13-15,21H,7-12H2,1-6H3,(H2,22,23,24). The Morgan fingerprint density at radius 3 is 1.90 bits per heavy atom. The van der Waals surface area contributed by atoms with E-state index in [4.69, 9.17) is 9.05 Å². The Morgan fingerprint density at radius 2 is 1.50 bits per heavy atom. The van der Waals surface area contributed by atoms with E-state index in [0.717, 1.165) is 19.3 Å². The van der Waals surface area contributed by atoms with Gasteiger partial charge in [0.25, 0.3) is 0 Å². The van der Waals surface area contributed by atoms with Crippen LogP contribution in [0.3, 0.4) is 0 Å². The second kappa shape index (κ2) is 6.42. The maximum absolute atomic E-state index is 13.7. The Balaban J connectivity index is 1.65. The molecule has 8 nitrogen and oxygen atoms in total. The molecule has 4 fully saturated rings. The van der Waals surface area contributed by atoms with Crippen LogP contribution in [-0.2, 0) is 22.5 Å². The van der Waals surface area contributed by atoms with E-state index in [0.29, 0.717) is 18.8 Å². The Bertz CT molecular complexity index is 837. The highest BCUT2D eigenvalue weighted by Crippen LogP contribution is 2.76. The van der Waals surface area contributed by atoms with Crippen molar-refractivity contribution in [3.8, 4) is 0 Å². The van der Waals surface area contributed by atoms with E-state index in [-0.39, 0.29) is 28.6 Å². The normalized spacial score (nSPS) is 48.2. The highest BCUT2D eigenvalue weighted by atomic mass is 31.3. The molecule has 0 aromatic rings. The van der Waals surface area contributed by atoms with Gasteiger partial charge in [0.1, 0.15) is 0 Å². The second-order valence-electron chi connectivity index (χ2n) is 11.6. The van der Waals surface area contributed by atoms with E-state index in [9.17, 15) is 24.0 Å². The molecule has 4 aliphatic carbocycles. The fourth-order valence-electron chi connectivity index (χ4n) is 7.17. The molecule has 174 valence electrons. The highest BCUT2D eigenvalue weighted by Gasteiger charge is 2.72. The third-order valence-electron chi connectivity index (χ3n) is 10.3. The molecule has 0 radical (unpaired) electrons. The lowest BCUT2D eigenvalue weighted by molar-refractivity contribution is -0.233. The van der Waals surface area contributed by atoms with E-state index >= 15 is 0 Å². The fourth-order valence-corrected chi connectivity index (χ4v) is 9.82. The molecule has 0 aliphatic heterocycles. The van der Waals surface area contributed by atoms with Crippen molar-refractivity contribution < 1.29 is 37.4 Å². The predicted octanol–water partition coefficient (Wildman–Crippen LogP) is 4.99. The summed E-state index contributed by atoms with van der Waals surface area (Å²) in [4.78, 5) is 18.9. The van der Waals surface area contributed by atoms with Crippen LogP contribution in [0.15, 0.2) is 0 Å². The van der Waals surface area contributed by atoms with Gasteiger partial charge in [0.2, 0.25) is 0 Å². The van der Waals surface area contributed by atoms with Gasteiger partial charge >= 0.3 is 15.6 Å². The Labute approximate surface area is 178 Å². The number of phosphoric ester groups is 1. The molecule has 0 aromatic heterocycles. The molecule has 3 N–H and O–H groups in total. The number of hydrogen-bond donors (Lipinski definition) is 3. The van der Waals surface area contributed by atoms with Gasteiger partial charge in [-0.1, -0.05) is 41.5 Å². The van der Waals surface area contributed by atoms with Crippen LogP contribution in [0.25, 0.3) is 0 Å². The van der Waals surface area contributed by atoms with Crippen LogP contribution in [0, 0.1) is 33.5 Å². The zero-order chi connectivity index (χ0) is 22.6. The minimum Gasteiger partial charge on any atom is -0.365 e. The number of aliphatic hydroxyl groups is 1. The smallest absolute Gasteiger partial charge is 0.365 e. The molecular formula is C20H36O8P2. The molecule has 30 heavy (non-hydrogen) atoms. The SMILES string of the molecule is CC1(C)C2CCC1(C)C(OP(=O)(OC1(O)CC3CCC1(C)C3(C)C)OP(=O)(O)O)C2. The minimum atomic E-state index is -5.20. The molecule has 7 atom stereocenters. The second-order valence-corrected chi connectivity index (χ2v) is 14.5. The molecule has 0 saturated heterocycles. The molecule has 4 rings (SSSR count). The summed E-state index contributed by atoms with van der Waals surface area (Å²) in [6.45, 7) is 12.3. The van der Waals surface area contributed by atoms with Crippen LogP contribution in [-0.4, -0.2) is 26.8 Å². The van der Waals surface area contributed by atoms with Gasteiger partial charge in [-0.25, -0.2) is 9.13 Å². The Kier molecular flexibility index (Phi) is 5.00. The molecule has 0 aromatic carbocycles. The number of fused-ring (bicyclic) bond motifs is 4. The quantitative estimate of drug-likeness (QED) is 0.370. The van der Waals surface area contributed by atoms with Gasteiger partial charge in [0.15, 0.2) is 5.79 Å². The molecule has 4 saturated carbocycles. The van der Waals surface area contributed by atoms with Gasteiger partial charge in [-0.3, -0.25) is 9.05 Å². The summed E-state index contributed by atoms with van der Waals surface area (Å²) in [5.41, 5.74) is -1.41. The van der Waals surface area contributed by atoms with E-state index in [1.807, 2.05) is 20.8 Å². The summed E-state index contributed by atoms with van der Waals surface area (Å²) in [5, 5.41) is 11.5. The van der Waals surface area contributed by atoms with Crippen molar-refractivity contribution in [1.82, 2.24) is 0 Å². The van der Waals surface area contributed by atoms with E-state index < -0.39 is 33.0 Å². The molecule has 0 amide bonds. The first-order valence-corrected chi connectivity index (χ1v) is 13.9. The summed E-state index contributed by atoms with van der Waals surface area (Å²) in [7, 11) is -9.97. The lowest BCUT2D eigenvalue weighted by Gasteiger charge is -2.46. The van der Waals surface area contributed by atoms with Gasteiger partial charge < -0.3 is 14.9 Å². The highest BCUT2D eigenvalue weighted by molar-refractivity contribution is 7.61. The molecule has 4 bridgehead atoms. The molecule has 4 aliphatic rings. The molecule has 0 spiro atoms. The van der Waals surface area contributed by atoms with Crippen molar-refractivity contribution >= 4 is 15.6 Å². The Morgan fingerprint density at radius 1 is 0.900 bits per heavy atom. The van der Waals surface area contributed by atoms with Crippen LogP contribution < -0.4 is 0 Å². The zero-order valence-corrected chi connectivity index (χ0v) is 20.5. The van der Waals surface area contributed by atoms with Gasteiger partial charge in [-0.2, -0.15) is 4.31 Å². The maximum Gasteiger partial charge on any atom is 0.486 e. The maximum atomic E-state index is 13.7. The van der Waals surface area contributed by atoms with Crippen molar-refractivity contribution in [2.45, 2.75) is 92.0 Å². The molecule has 10 heteroatoms. The predicted molar refractivity (Wildman–Crippen MR) is 110 cm³/mol. The van der Waals surface area contributed by atoms with Crippen LogP contribution in [0.2, 0.25) is 0 Å².